The van der Waals surface area contributed by atoms with Crippen LogP contribution in [0.4, 0.5) is 0 Å². The van der Waals surface area contributed by atoms with Gasteiger partial charge in [-0.05, 0) is 57.3 Å². The fraction of sp³-hybridized carbons (Fsp3) is 0.933. The van der Waals surface area contributed by atoms with Gasteiger partial charge >= 0.3 is 0 Å². The van der Waals surface area contributed by atoms with E-state index in [1.807, 2.05) is 6.92 Å². The Morgan fingerprint density at radius 1 is 1.39 bits per heavy atom. The van der Waals surface area contributed by atoms with Crippen LogP contribution in [0.2, 0.25) is 0 Å². The maximum absolute atomic E-state index is 12.3. The first-order valence-corrected chi connectivity index (χ1v) is 7.70. The number of hydrogen-bond acceptors (Lipinski definition) is 2. The molecule has 1 amide bonds. The van der Waals surface area contributed by atoms with Crippen molar-refractivity contribution in [2.45, 2.75) is 71.1 Å². The van der Waals surface area contributed by atoms with Gasteiger partial charge in [0.2, 0.25) is 5.91 Å². The Morgan fingerprint density at radius 3 is 2.72 bits per heavy atom. The van der Waals surface area contributed by atoms with E-state index in [9.17, 15) is 4.79 Å². The van der Waals surface area contributed by atoms with E-state index in [2.05, 4.69) is 24.1 Å². The zero-order chi connectivity index (χ0) is 12.9. The summed E-state index contributed by atoms with van der Waals surface area (Å²) in [5, 5.41) is 3.43. The molecular weight excluding hydrogens is 224 g/mol. The van der Waals surface area contributed by atoms with Gasteiger partial charge in [-0.3, -0.25) is 10.1 Å². The van der Waals surface area contributed by atoms with Crippen molar-refractivity contribution >= 4 is 5.91 Å². The van der Waals surface area contributed by atoms with Gasteiger partial charge in [-0.25, -0.2) is 0 Å². The van der Waals surface area contributed by atoms with Crippen LogP contribution in [0.1, 0.15) is 52.9 Å². The van der Waals surface area contributed by atoms with Gasteiger partial charge in [0.1, 0.15) is 0 Å². The van der Waals surface area contributed by atoms with E-state index in [0.29, 0.717) is 11.9 Å². The number of rotatable bonds is 3. The fourth-order valence-electron chi connectivity index (χ4n) is 4.71. The van der Waals surface area contributed by atoms with Crippen molar-refractivity contribution < 1.29 is 4.79 Å². The maximum Gasteiger partial charge on any atom is 0.240 e. The Hall–Kier alpha value is -0.570. The summed E-state index contributed by atoms with van der Waals surface area (Å²) >= 11 is 0. The SMILES string of the molecule is CCC1NC(C)C(=O)N1C(C)C1CC2CCC1C2. The van der Waals surface area contributed by atoms with Crippen molar-refractivity contribution in [1.29, 1.82) is 0 Å². The van der Waals surface area contributed by atoms with Crippen LogP contribution in [0, 0.1) is 17.8 Å². The highest BCUT2D eigenvalue weighted by Crippen LogP contribution is 2.50. The van der Waals surface area contributed by atoms with E-state index in [0.717, 1.165) is 24.2 Å². The van der Waals surface area contributed by atoms with E-state index in [-0.39, 0.29) is 12.2 Å². The molecule has 0 aromatic rings. The van der Waals surface area contributed by atoms with Gasteiger partial charge in [-0.15, -0.1) is 0 Å². The first-order chi connectivity index (χ1) is 8.61. The van der Waals surface area contributed by atoms with Crippen LogP contribution in [0.25, 0.3) is 0 Å². The van der Waals surface area contributed by atoms with E-state index in [4.69, 9.17) is 0 Å². The molecule has 3 nitrogen and oxygen atoms in total. The number of nitrogens with one attached hydrogen (secondary N) is 1. The van der Waals surface area contributed by atoms with Gasteiger partial charge in [0.15, 0.2) is 0 Å². The smallest absolute Gasteiger partial charge is 0.240 e. The molecule has 2 saturated carbocycles. The Kier molecular flexibility index (Phi) is 3.13. The molecule has 1 heterocycles. The molecule has 3 aliphatic rings. The second-order valence-corrected chi connectivity index (χ2v) is 6.64. The molecule has 0 spiro atoms. The van der Waals surface area contributed by atoms with E-state index in [1.165, 1.54) is 25.7 Å². The molecule has 1 saturated heterocycles. The summed E-state index contributed by atoms with van der Waals surface area (Å²) in [4.78, 5) is 14.5. The lowest BCUT2D eigenvalue weighted by atomic mass is 9.83. The second-order valence-electron chi connectivity index (χ2n) is 6.64. The van der Waals surface area contributed by atoms with E-state index in [1.54, 1.807) is 0 Å². The Bertz CT molecular complexity index is 343. The van der Waals surface area contributed by atoms with Crippen molar-refractivity contribution in [2.24, 2.45) is 17.8 Å². The third kappa shape index (κ3) is 1.78. The molecule has 1 N–H and O–H groups in total. The molecule has 0 aromatic heterocycles. The zero-order valence-electron chi connectivity index (χ0n) is 11.9. The zero-order valence-corrected chi connectivity index (χ0v) is 11.9. The molecule has 6 unspecified atom stereocenters. The van der Waals surface area contributed by atoms with Crippen LogP contribution in [0.5, 0.6) is 0 Å². The molecule has 2 aliphatic carbocycles. The maximum atomic E-state index is 12.3. The lowest BCUT2D eigenvalue weighted by molar-refractivity contribution is -0.133. The standard InChI is InChI=1S/C15H26N2O/c1-4-14-16-9(2)15(18)17(14)10(3)13-8-11-5-6-12(13)7-11/h9-14,16H,4-8H2,1-3H3. The van der Waals surface area contributed by atoms with Crippen LogP contribution in [0.3, 0.4) is 0 Å². The summed E-state index contributed by atoms with van der Waals surface area (Å²) in [6.07, 6.45) is 6.91. The minimum Gasteiger partial charge on any atom is -0.323 e. The highest BCUT2D eigenvalue weighted by atomic mass is 16.2. The molecule has 3 fully saturated rings. The van der Waals surface area contributed by atoms with Crippen LogP contribution >= 0.6 is 0 Å². The minimum absolute atomic E-state index is 0.0102. The van der Waals surface area contributed by atoms with E-state index >= 15 is 0 Å². The summed E-state index contributed by atoms with van der Waals surface area (Å²) in [6, 6.07) is 0.436. The first kappa shape index (κ1) is 12.5. The molecule has 0 aromatic carbocycles. The number of fused-ring (bicyclic) bond motifs is 2. The number of carbonyl (C=O) groups is 1. The molecule has 3 rings (SSSR count). The summed E-state index contributed by atoms with van der Waals surface area (Å²) in [7, 11) is 0. The van der Waals surface area contributed by atoms with Crippen molar-refractivity contribution in [3.8, 4) is 0 Å². The predicted octanol–water partition coefficient (Wildman–Crippen LogP) is 2.37. The molecule has 3 heteroatoms. The van der Waals surface area contributed by atoms with Gasteiger partial charge in [-0.2, -0.15) is 0 Å². The first-order valence-electron chi connectivity index (χ1n) is 7.70. The topological polar surface area (TPSA) is 32.3 Å². The third-order valence-electron chi connectivity index (χ3n) is 5.64. The normalized spacial score (nSPS) is 44.9. The average molecular weight is 250 g/mol. The predicted molar refractivity (Wildman–Crippen MR) is 71.9 cm³/mol. The number of hydrogen-bond donors (Lipinski definition) is 1. The Labute approximate surface area is 110 Å². The number of carbonyl (C=O) groups excluding carboxylic acids is 1. The van der Waals surface area contributed by atoms with Crippen molar-refractivity contribution in [3.05, 3.63) is 0 Å². The van der Waals surface area contributed by atoms with Crippen LogP contribution in [0.15, 0.2) is 0 Å². The molecular formula is C15H26N2O. The third-order valence-corrected chi connectivity index (χ3v) is 5.64. The van der Waals surface area contributed by atoms with Gasteiger partial charge < -0.3 is 4.90 Å². The van der Waals surface area contributed by atoms with Gasteiger partial charge in [0.25, 0.3) is 0 Å². The molecule has 0 radical (unpaired) electrons. The van der Waals surface area contributed by atoms with Crippen molar-refractivity contribution in [3.63, 3.8) is 0 Å². The number of nitrogens with zero attached hydrogens (tertiary/aromatic N) is 1. The average Bonchev–Trinajstić information content (AvgIpc) is 3.04. The largest absolute Gasteiger partial charge is 0.323 e. The lowest BCUT2D eigenvalue weighted by Crippen LogP contribution is -2.47. The van der Waals surface area contributed by atoms with Crippen molar-refractivity contribution in [1.82, 2.24) is 10.2 Å². The van der Waals surface area contributed by atoms with Gasteiger partial charge in [0, 0.05) is 6.04 Å². The molecule has 18 heavy (non-hydrogen) atoms. The van der Waals surface area contributed by atoms with Gasteiger partial charge in [0.05, 0.1) is 12.2 Å². The quantitative estimate of drug-likeness (QED) is 0.834. The van der Waals surface area contributed by atoms with Crippen LogP contribution < -0.4 is 5.32 Å². The lowest BCUT2D eigenvalue weighted by Gasteiger charge is -2.37. The summed E-state index contributed by atoms with van der Waals surface area (Å²) in [6.45, 7) is 6.45. The monoisotopic (exact) mass is 250 g/mol. The summed E-state index contributed by atoms with van der Waals surface area (Å²) < 4.78 is 0. The minimum atomic E-state index is 0.0102. The second kappa shape index (κ2) is 4.52. The fourth-order valence-corrected chi connectivity index (χ4v) is 4.71. The van der Waals surface area contributed by atoms with Crippen molar-refractivity contribution in [2.75, 3.05) is 0 Å². The molecule has 6 atom stereocenters. The summed E-state index contributed by atoms with van der Waals surface area (Å²) in [5.41, 5.74) is 0. The highest BCUT2D eigenvalue weighted by Gasteiger charge is 2.47. The van der Waals surface area contributed by atoms with Gasteiger partial charge in [-0.1, -0.05) is 13.3 Å². The molecule has 1 aliphatic heterocycles. The Morgan fingerprint density at radius 2 is 2.17 bits per heavy atom. The molecule has 102 valence electrons. The van der Waals surface area contributed by atoms with Crippen LogP contribution in [-0.2, 0) is 4.79 Å². The Balaban J connectivity index is 1.75. The van der Waals surface area contributed by atoms with E-state index < -0.39 is 0 Å². The van der Waals surface area contributed by atoms with Crippen LogP contribution in [-0.4, -0.2) is 29.1 Å². The molecule has 2 bridgehead atoms. The highest BCUT2D eigenvalue weighted by molar-refractivity contribution is 5.84. The summed E-state index contributed by atoms with van der Waals surface area (Å²) in [5.74, 6) is 2.93. The number of amides is 1.